The maximum atomic E-state index is 9.70. The van der Waals surface area contributed by atoms with Gasteiger partial charge in [-0.05, 0) is 69.2 Å². The molecule has 1 heterocycles. The van der Waals surface area contributed by atoms with Gasteiger partial charge in [-0.2, -0.15) is 0 Å². The van der Waals surface area contributed by atoms with Crippen LogP contribution < -0.4 is 5.32 Å². The number of hydrogen-bond acceptors (Lipinski definition) is 4. The van der Waals surface area contributed by atoms with Gasteiger partial charge < -0.3 is 10.4 Å². The number of aliphatic hydroxyl groups excluding tert-OH is 1. The number of benzene rings is 1. The molecule has 2 aromatic rings. The topological polar surface area (TPSA) is 58.0 Å². The number of hydrogen-bond donors (Lipinski definition) is 2. The lowest BCUT2D eigenvalue weighted by atomic mass is 9.93. The van der Waals surface area contributed by atoms with Gasteiger partial charge in [-0.1, -0.05) is 11.6 Å². The van der Waals surface area contributed by atoms with E-state index >= 15 is 0 Å². The quantitative estimate of drug-likeness (QED) is 0.884. The van der Waals surface area contributed by atoms with Gasteiger partial charge >= 0.3 is 0 Å². The van der Waals surface area contributed by atoms with Crippen molar-refractivity contribution in [3.8, 4) is 11.4 Å². The van der Waals surface area contributed by atoms with Crippen molar-refractivity contribution >= 4 is 17.4 Å². The number of rotatable bonds is 3. The minimum atomic E-state index is -0.135. The number of anilines is 1. The fraction of sp³-hybridized carbons (Fsp3) is 0.474. The summed E-state index contributed by atoms with van der Waals surface area (Å²) >= 11 is 5.99. The Morgan fingerprint density at radius 2 is 1.75 bits per heavy atom. The molecule has 0 unspecified atom stereocenters. The van der Waals surface area contributed by atoms with Crippen molar-refractivity contribution in [1.29, 1.82) is 0 Å². The van der Waals surface area contributed by atoms with Gasteiger partial charge in [0, 0.05) is 27.9 Å². The summed E-state index contributed by atoms with van der Waals surface area (Å²) in [6.45, 7) is 0. The highest BCUT2D eigenvalue weighted by molar-refractivity contribution is 6.30. The van der Waals surface area contributed by atoms with Crippen molar-refractivity contribution in [3.63, 3.8) is 0 Å². The van der Waals surface area contributed by atoms with Crippen LogP contribution in [0.5, 0.6) is 0 Å². The molecule has 2 aliphatic carbocycles. The van der Waals surface area contributed by atoms with E-state index in [1.54, 1.807) is 0 Å². The van der Waals surface area contributed by atoms with Crippen LogP contribution in [0.2, 0.25) is 5.02 Å². The average Bonchev–Trinajstić information content (AvgIpc) is 3.06. The van der Waals surface area contributed by atoms with Gasteiger partial charge in [0.05, 0.1) is 6.10 Å². The molecule has 0 atom stereocenters. The highest BCUT2D eigenvalue weighted by Gasteiger charge is 2.24. The Kier molecular flexibility index (Phi) is 4.42. The molecule has 24 heavy (non-hydrogen) atoms. The second-order valence-electron chi connectivity index (χ2n) is 6.83. The van der Waals surface area contributed by atoms with Gasteiger partial charge in [0.15, 0.2) is 5.82 Å². The monoisotopic (exact) mass is 343 g/mol. The van der Waals surface area contributed by atoms with E-state index in [1.807, 2.05) is 24.3 Å². The Labute approximate surface area is 147 Å². The summed E-state index contributed by atoms with van der Waals surface area (Å²) in [4.78, 5) is 9.61. The summed E-state index contributed by atoms with van der Waals surface area (Å²) < 4.78 is 0. The van der Waals surface area contributed by atoms with E-state index in [1.165, 1.54) is 11.3 Å². The Bertz CT molecular complexity index is 724. The van der Waals surface area contributed by atoms with E-state index in [0.29, 0.717) is 6.04 Å². The summed E-state index contributed by atoms with van der Waals surface area (Å²) in [6, 6.07) is 8.09. The van der Waals surface area contributed by atoms with Crippen LogP contribution in [0, 0.1) is 0 Å². The first-order valence-electron chi connectivity index (χ1n) is 8.79. The summed E-state index contributed by atoms with van der Waals surface area (Å²) in [6.07, 6.45) is 6.82. The molecule has 1 fully saturated rings. The molecule has 2 aliphatic rings. The normalized spacial score (nSPS) is 23.1. The third kappa shape index (κ3) is 3.26. The molecule has 2 N–H and O–H groups in total. The number of halogens is 1. The first-order chi connectivity index (χ1) is 11.7. The van der Waals surface area contributed by atoms with Crippen LogP contribution in [-0.4, -0.2) is 27.2 Å². The third-order valence-corrected chi connectivity index (χ3v) is 5.33. The zero-order valence-corrected chi connectivity index (χ0v) is 14.4. The molecule has 0 amide bonds. The molecule has 1 aromatic carbocycles. The lowest BCUT2D eigenvalue weighted by Gasteiger charge is -2.27. The van der Waals surface area contributed by atoms with E-state index in [9.17, 15) is 5.11 Å². The lowest BCUT2D eigenvalue weighted by molar-refractivity contribution is 0.126. The fourth-order valence-corrected chi connectivity index (χ4v) is 3.82. The number of aromatic nitrogens is 2. The van der Waals surface area contributed by atoms with Gasteiger partial charge in [0.2, 0.25) is 0 Å². The Morgan fingerprint density at radius 3 is 2.50 bits per heavy atom. The van der Waals surface area contributed by atoms with Gasteiger partial charge in [-0.25, -0.2) is 9.97 Å². The van der Waals surface area contributed by atoms with Crippen molar-refractivity contribution in [3.05, 3.63) is 40.5 Å². The first kappa shape index (κ1) is 15.9. The largest absolute Gasteiger partial charge is 0.393 e. The molecular formula is C19H22ClN3O. The van der Waals surface area contributed by atoms with E-state index in [4.69, 9.17) is 21.6 Å². The molecule has 1 saturated carbocycles. The Hall–Kier alpha value is -1.65. The van der Waals surface area contributed by atoms with Gasteiger partial charge in [-0.3, -0.25) is 0 Å². The number of fused-ring (bicyclic) bond motifs is 1. The van der Waals surface area contributed by atoms with E-state index in [0.717, 1.165) is 67.2 Å². The first-order valence-corrected chi connectivity index (χ1v) is 9.17. The van der Waals surface area contributed by atoms with Crippen molar-refractivity contribution in [2.75, 3.05) is 5.32 Å². The Balaban J connectivity index is 1.64. The van der Waals surface area contributed by atoms with Crippen molar-refractivity contribution in [2.24, 2.45) is 0 Å². The summed E-state index contributed by atoms with van der Waals surface area (Å²) in [7, 11) is 0. The summed E-state index contributed by atoms with van der Waals surface area (Å²) in [5, 5.41) is 14.1. The van der Waals surface area contributed by atoms with Gasteiger partial charge in [0.25, 0.3) is 0 Å². The second-order valence-corrected chi connectivity index (χ2v) is 7.27. The molecule has 1 aromatic heterocycles. The van der Waals surface area contributed by atoms with Crippen LogP contribution in [0.4, 0.5) is 5.82 Å². The number of nitrogens with one attached hydrogen (secondary N) is 1. The number of nitrogens with zero attached hydrogens (tertiary/aromatic N) is 2. The van der Waals surface area contributed by atoms with Crippen molar-refractivity contribution in [2.45, 2.75) is 57.1 Å². The van der Waals surface area contributed by atoms with Crippen molar-refractivity contribution < 1.29 is 5.11 Å². The van der Waals surface area contributed by atoms with Crippen LogP contribution in [0.15, 0.2) is 24.3 Å². The van der Waals surface area contributed by atoms with E-state index in [-0.39, 0.29) is 6.10 Å². The standard InChI is InChI=1S/C19H22ClN3O/c20-13-6-4-12(5-7-13)18-22-17-3-1-2-16(17)19(23-18)21-14-8-10-15(24)11-9-14/h4-7,14-15,24H,1-3,8-11H2,(H,21,22,23)/t14-,15-. The van der Waals surface area contributed by atoms with Crippen molar-refractivity contribution in [1.82, 2.24) is 9.97 Å². The molecular weight excluding hydrogens is 322 g/mol. The van der Waals surface area contributed by atoms with Crippen LogP contribution >= 0.6 is 11.6 Å². The highest BCUT2D eigenvalue weighted by atomic mass is 35.5. The van der Waals surface area contributed by atoms with Gasteiger partial charge in [0.1, 0.15) is 5.82 Å². The highest BCUT2D eigenvalue weighted by Crippen LogP contribution is 2.31. The predicted molar refractivity (Wildman–Crippen MR) is 96.4 cm³/mol. The molecule has 126 valence electrons. The molecule has 0 aliphatic heterocycles. The maximum absolute atomic E-state index is 9.70. The summed E-state index contributed by atoms with van der Waals surface area (Å²) in [5.41, 5.74) is 3.45. The molecule has 0 spiro atoms. The Morgan fingerprint density at radius 1 is 1.00 bits per heavy atom. The summed E-state index contributed by atoms with van der Waals surface area (Å²) in [5.74, 6) is 1.76. The smallest absolute Gasteiger partial charge is 0.161 e. The van der Waals surface area contributed by atoms with Crippen LogP contribution in [0.3, 0.4) is 0 Å². The zero-order valence-electron chi connectivity index (χ0n) is 13.6. The van der Waals surface area contributed by atoms with Gasteiger partial charge in [-0.15, -0.1) is 0 Å². The molecule has 0 bridgehead atoms. The molecule has 0 saturated heterocycles. The van der Waals surface area contributed by atoms with Crippen LogP contribution in [0.25, 0.3) is 11.4 Å². The minimum absolute atomic E-state index is 0.135. The third-order valence-electron chi connectivity index (χ3n) is 5.07. The van der Waals surface area contributed by atoms with E-state index < -0.39 is 0 Å². The maximum Gasteiger partial charge on any atom is 0.161 e. The molecule has 4 rings (SSSR count). The fourth-order valence-electron chi connectivity index (χ4n) is 3.69. The van der Waals surface area contributed by atoms with Crippen LogP contribution in [0.1, 0.15) is 43.4 Å². The number of aliphatic hydroxyl groups is 1. The lowest BCUT2D eigenvalue weighted by Crippen LogP contribution is -2.29. The average molecular weight is 344 g/mol. The predicted octanol–water partition coefficient (Wildman–Crippen LogP) is 4.00. The molecule has 4 nitrogen and oxygen atoms in total. The minimum Gasteiger partial charge on any atom is -0.393 e. The molecule has 5 heteroatoms. The van der Waals surface area contributed by atoms with Crippen LogP contribution in [-0.2, 0) is 12.8 Å². The second kappa shape index (κ2) is 6.69. The SMILES string of the molecule is O[C@H]1CC[C@H](Nc2nc(-c3ccc(Cl)cc3)nc3c2CCC3)CC1. The zero-order chi connectivity index (χ0) is 16.5. The van der Waals surface area contributed by atoms with E-state index in [2.05, 4.69) is 5.32 Å². The molecule has 0 radical (unpaired) electrons. The number of aryl methyl sites for hydroxylation is 1.